The number of aromatic nitrogens is 4. The molecule has 1 aliphatic heterocycles. The van der Waals surface area contributed by atoms with Crippen LogP contribution in [0, 0.1) is 0 Å². The van der Waals surface area contributed by atoms with Crippen LogP contribution in [0.2, 0.25) is 0 Å². The van der Waals surface area contributed by atoms with Gasteiger partial charge in [0.05, 0.1) is 11.3 Å². The molecule has 7 heteroatoms. The molecule has 1 saturated heterocycles. The molecule has 2 aromatic carbocycles. The number of hydrogen-bond donors (Lipinski definition) is 2. The molecule has 0 spiro atoms. The van der Waals surface area contributed by atoms with Crippen LogP contribution in [0.5, 0.6) is 0 Å². The minimum absolute atomic E-state index is 0.448. The fraction of sp³-hybridized carbons (Fsp3) is 0.207. The highest BCUT2D eigenvalue weighted by atomic mass is 15.2. The number of hydrogen-bond acceptors (Lipinski definition) is 6. The Hall–Kier alpha value is -4.07. The van der Waals surface area contributed by atoms with Crippen molar-refractivity contribution in [1.29, 1.82) is 0 Å². The molecule has 0 atom stereocenters. The van der Waals surface area contributed by atoms with Gasteiger partial charge in [-0.05, 0) is 61.5 Å². The van der Waals surface area contributed by atoms with Crippen LogP contribution in [0.15, 0.2) is 85.1 Å². The van der Waals surface area contributed by atoms with Crippen LogP contribution in [0.1, 0.15) is 12.0 Å². The Kier molecular flexibility index (Phi) is 6.15. The average Bonchev–Trinajstić information content (AvgIpc) is 3.10. The number of nitrogen functional groups attached to an aromatic ring is 1. The summed E-state index contributed by atoms with van der Waals surface area (Å²) in [7, 11) is 0. The van der Waals surface area contributed by atoms with Crippen molar-refractivity contribution < 1.29 is 0 Å². The quantitative estimate of drug-likeness (QED) is 0.389. The first-order chi connectivity index (χ1) is 17.8. The lowest BCUT2D eigenvalue weighted by atomic mass is 10.1. The van der Waals surface area contributed by atoms with Crippen molar-refractivity contribution in [2.45, 2.75) is 13.0 Å². The number of fused-ring (bicyclic) bond motifs is 1. The van der Waals surface area contributed by atoms with E-state index in [-0.39, 0.29) is 0 Å². The smallest absolute Gasteiger partial charge is 0.165 e. The number of imidazole rings is 1. The number of anilines is 1. The molecular formula is C29H29N7. The molecule has 0 aliphatic carbocycles. The highest BCUT2D eigenvalue weighted by molar-refractivity contribution is 5.84. The predicted octanol–water partition coefficient (Wildman–Crippen LogP) is 4.53. The van der Waals surface area contributed by atoms with E-state index in [9.17, 15) is 0 Å². The normalized spacial score (nSPS) is 14.7. The third-order valence-electron chi connectivity index (χ3n) is 6.69. The SMILES string of the molecule is Nc1ncccc1-c1nc2ccc(-c3ccccc3)nc2n1-c1ccc(CN2CCCNCC2)cc1. The van der Waals surface area contributed by atoms with Gasteiger partial charge >= 0.3 is 0 Å². The van der Waals surface area contributed by atoms with Gasteiger partial charge in [0.15, 0.2) is 11.5 Å². The van der Waals surface area contributed by atoms with Crippen LogP contribution < -0.4 is 11.1 Å². The topological polar surface area (TPSA) is 84.9 Å². The molecule has 3 aromatic heterocycles. The zero-order valence-corrected chi connectivity index (χ0v) is 20.1. The number of pyridine rings is 2. The van der Waals surface area contributed by atoms with E-state index >= 15 is 0 Å². The lowest BCUT2D eigenvalue weighted by molar-refractivity contribution is 0.284. The molecule has 3 N–H and O–H groups in total. The van der Waals surface area contributed by atoms with Gasteiger partial charge in [-0.3, -0.25) is 9.47 Å². The first-order valence-electron chi connectivity index (χ1n) is 12.4. The molecule has 180 valence electrons. The fourth-order valence-corrected chi connectivity index (χ4v) is 4.83. The van der Waals surface area contributed by atoms with E-state index in [0.29, 0.717) is 5.82 Å². The summed E-state index contributed by atoms with van der Waals surface area (Å²) in [6.07, 6.45) is 2.88. The van der Waals surface area contributed by atoms with Crippen molar-refractivity contribution in [3.8, 4) is 28.3 Å². The Morgan fingerprint density at radius 1 is 0.833 bits per heavy atom. The Bertz CT molecular complexity index is 1470. The van der Waals surface area contributed by atoms with Gasteiger partial charge in [0.2, 0.25) is 0 Å². The lowest BCUT2D eigenvalue weighted by Gasteiger charge is -2.19. The van der Waals surface area contributed by atoms with Crippen molar-refractivity contribution in [3.63, 3.8) is 0 Å². The molecule has 0 radical (unpaired) electrons. The van der Waals surface area contributed by atoms with Crippen molar-refractivity contribution in [3.05, 3.63) is 90.6 Å². The number of nitrogens with two attached hydrogens (primary N) is 1. The molecule has 0 unspecified atom stereocenters. The Morgan fingerprint density at radius 2 is 1.69 bits per heavy atom. The fourth-order valence-electron chi connectivity index (χ4n) is 4.83. The average molecular weight is 476 g/mol. The van der Waals surface area contributed by atoms with E-state index < -0.39 is 0 Å². The van der Waals surface area contributed by atoms with Crippen molar-refractivity contribution in [2.24, 2.45) is 0 Å². The maximum atomic E-state index is 6.29. The van der Waals surface area contributed by atoms with Crippen LogP contribution in [0.4, 0.5) is 5.82 Å². The second-order valence-corrected chi connectivity index (χ2v) is 9.16. The van der Waals surface area contributed by atoms with Gasteiger partial charge in [0.1, 0.15) is 11.3 Å². The van der Waals surface area contributed by atoms with Gasteiger partial charge in [-0.25, -0.2) is 15.0 Å². The molecule has 0 amide bonds. The van der Waals surface area contributed by atoms with Gasteiger partial charge in [0.25, 0.3) is 0 Å². The van der Waals surface area contributed by atoms with E-state index in [1.807, 2.05) is 42.5 Å². The van der Waals surface area contributed by atoms with Crippen LogP contribution in [0.25, 0.3) is 39.5 Å². The van der Waals surface area contributed by atoms with Gasteiger partial charge < -0.3 is 11.1 Å². The van der Waals surface area contributed by atoms with Gasteiger partial charge in [-0.2, -0.15) is 0 Å². The van der Waals surface area contributed by atoms with Crippen molar-refractivity contribution >= 4 is 17.0 Å². The van der Waals surface area contributed by atoms with Crippen LogP contribution in [-0.4, -0.2) is 50.6 Å². The molecule has 4 heterocycles. The Balaban J connectivity index is 1.44. The Morgan fingerprint density at radius 3 is 2.53 bits per heavy atom. The van der Waals surface area contributed by atoms with Crippen LogP contribution >= 0.6 is 0 Å². The van der Waals surface area contributed by atoms with Crippen LogP contribution in [-0.2, 0) is 6.54 Å². The monoisotopic (exact) mass is 475 g/mol. The number of benzene rings is 2. The van der Waals surface area contributed by atoms with Crippen molar-refractivity contribution in [1.82, 2.24) is 29.7 Å². The third kappa shape index (κ3) is 4.46. The summed E-state index contributed by atoms with van der Waals surface area (Å²) in [5, 5.41) is 3.48. The minimum Gasteiger partial charge on any atom is -0.383 e. The highest BCUT2D eigenvalue weighted by Crippen LogP contribution is 2.31. The summed E-state index contributed by atoms with van der Waals surface area (Å²) in [6, 6.07) is 26.8. The molecule has 0 bridgehead atoms. The van der Waals surface area contributed by atoms with E-state index in [4.69, 9.17) is 15.7 Å². The number of rotatable bonds is 5. The molecule has 36 heavy (non-hydrogen) atoms. The first-order valence-corrected chi connectivity index (χ1v) is 12.4. The molecule has 0 saturated carbocycles. The highest BCUT2D eigenvalue weighted by Gasteiger charge is 2.19. The molecule has 7 nitrogen and oxygen atoms in total. The Labute approximate surface area is 210 Å². The van der Waals surface area contributed by atoms with E-state index in [0.717, 1.165) is 72.2 Å². The molecular weight excluding hydrogens is 446 g/mol. The lowest BCUT2D eigenvalue weighted by Crippen LogP contribution is -2.27. The second-order valence-electron chi connectivity index (χ2n) is 9.16. The number of nitrogens with zero attached hydrogens (tertiary/aromatic N) is 5. The summed E-state index contributed by atoms with van der Waals surface area (Å²) < 4.78 is 2.09. The first kappa shape index (κ1) is 22.4. The summed E-state index contributed by atoms with van der Waals surface area (Å²) in [4.78, 5) is 16.8. The van der Waals surface area contributed by atoms with E-state index in [1.54, 1.807) is 6.20 Å². The van der Waals surface area contributed by atoms with E-state index in [1.165, 1.54) is 12.0 Å². The minimum atomic E-state index is 0.448. The van der Waals surface area contributed by atoms with Gasteiger partial charge in [0, 0.05) is 37.1 Å². The van der Waals surface area contributed by atoms with Crippen molar-refractivity contribution in [2.75, 3.05) is 31.9 Å². The molecule has 1 aliphatic rings. The standard InChI is InChI=1S/C29H29N7/c30-27-24(8-4-16-32-27)28-34-26-14-13-25(22-6-2-1-3-7-22)33-29(26)36(28)23-11-9-21(10-12-23)20-35-18-5-15-31-17-19-35/h1-4,6-14,16,31H,5,15,17-20H2,(H2,30,32). The maximum Gasteiger partial charge on any atom is 0.165 e. The zero-order chi connectivity index (χ0) is 24.3. The van der Waals surface area contributed by atoms with Gasteiger partial charge in [-0.15, -0.1) is 0 Å². The van der Waals surface area contributed by atoms with E-state index in [2.05, 4.69) is 56.2 Å². The zero-order valence-electron chi connectivity index (χ0n) is 20.1. The van der Waals surface area contributed by atoms with Crippen LogP contribution in [0.3, 0.4) is 0 Å². The second kappa shape index (κ2) is 9.89. The molecule has 1 fully saturated rings. The van der Waals surface area contributed by atoms with Gasteiger partial charge in [-0.1, -0.05) is 42.5 Å². The molecule has 6 rings (SSSR count). The predicted molar refractivity (Wildman–Crippen MR) is 145 cm³/mol. The molecule has 5 aromatic rings. The maximum absolute atomic E-state index is 6.29. The summed E-state index contributed by atoms with van der Waals surface area (Å²) in [5.74, 6) is 1.18. The third-order valence-corrected chi connectivity index (χ3v) is 6.69. The summed E-state index contributed by atoms with van der Waals surface area (Å²) >= 11 is 0. The number of nitrogens with one attached hydrogen (secondary N) is 1. The summed E-state index contributed by atoms with van der Waals surface area (Å²) in [5.41, 5.74) is 12.9. The largest absolute Gasteiger partial charge is 0.383 e. The summed E-state index contributed by atoms with van der Waals surface area (Å²) in [6.45, 7) is 5.29.